The fourth-order valence-corrected chi connectivity index (χ4v) is 1.92. The first-order valence-electron chi connectivity index (χ1n) is 6.00. The fraction of sp³-hybridized carbons (Fsp3) is 0.200. The van der Waals surface area contributed by atoms with Crippen LogP contribution in [0.15, 0.2) is 48.5 Å². The number of nitrogens with two attached hydrogens (primary N) is 1. The molecule has 0 saturated heterocycles. The van der Waals surface area contributed by atoms with Crippen LogP contribution in [0.5, 0.6) is 0 Å². The zero-order chi connectivity index (χ0) is 13.8. The van der Waals surface area contributed by atoms with Crippen molar-refractivity contribution in [3.05, 3.63) is 71.3 Å². The molecule has 2 atom stereocenters. The van der Waals surface area contributed by atoms with Gasteiger partial charge in [0.2, 0.25) is 0 Å². The summed E-state index contributed by atoms with van der Waals surface area (Å²) in [6, 6.07) is 12.0. The predicted octanol–water partition coefficient (Wildman–Crippen LogP) is 2.99. The van der Waals surface area contributed by atoms with Gasteiger partial charge < -0.3 is 10.8 Å². The van der Waals surface area contributed by atoms with Crippen molar-refractivity contribution < 1.29 is 13.9 Å². The largest absolute Gasteiger partial charge is 0.391 e. The second-order valence-corrected chi connectivity index (χ2v) is 4.46. The summed E-state index contributed by atoms with van der Waals surface area (Å²) >= 11 is 0. The first kappa shape index (κ1) is 16.6. The molecule has 0 aromatic heterocycles. The number of hydrogen-bond acceptors (Lipinski definition) is 2. The van der Waals surface area contributed by atoms with E-state index in [4.69, 9.17) is 5.73 Å². The lowest BCUT2D eigenvalue weighted by Crippen LogP contribution is -2.28. The molecule has 0 saturated carbocycles. The van der Waals surface area contributed by atoms with E-state index in [1.165, 1.54) is 6.07 Å². The van der Waals surface area contributed by atoms with Crippen LogP contribution in [0.2, 0.25) is 0 Å². The Morgan fingerprint density at radius 1 is 1.00 bits per heavy atom. The molecule has 0 fully saturated rings. The Morgan fingerprint density at radius 3 is 2.25 bits per heavy atom. The van der Waals surface area contributed by atoms with Gasteiger partial charge in [0, 0.05) is 6.42 Å². The van der Waals surface area contributed by atoms with Crippen LogP contribution < -0.4 is 5.73 Å². The maximum atomic E-state index is 13.1. The highest BCUT2D eigenvalue weighted by atomic mass is 35.5. The second kappa shape index (κ2) is 7.33. The van der Waals surface area contributed by atoms with E-state index in [1.54, 1.807) is 0 Å². The van der Waals surface area contributed by atoms with E-state index in [0.717, 1.165) is 17.7 Å². The Bertz CT molecular complexity index is 551. The highest BCUT2D eigenvalue weighted by molar-refractivity contribution is 5.85. The van der Waals surface area contributed by atoms with Crippen LogP contribution in [0.4, 0.5) is 8.78 Å². The molecule has 0 amide bonds. The Kier molecular flexibility index (Phi) is 6.07. The lowest BCUT2D eigenvalue weighted by molar-refractivity contribution is 0.145. The third-order valence-electron chi connectivity index (χ3n) is 3.03. The molecule has 0 radical (unpaired) electrons. The Labute approximate surface area is 122 Å². The summed E-state index contributed by atoms with van der Waals surface area (Å²) in [7, 11) is 0. The van der Waals surface area contributed by atoms with E-state index in [2.05, 4.69) is 0 Å². The lowest BCUT2D eigenvalue weighted by atomic mass is 9.97. The normalized spacial score (nSPS) is 13.4. The van der Waals surface area contributed by atoms with Gasteiger partial charge in [-0.25, -0.2) is 8.78 Å². The zero-order valence-corrected chi connectivity index (χ0v) is 11.5. The van der Waals surface area contributed by atoms with Crippen LogP contribution >= 0.6 is 12.4 Å². The minimum Gasteiger partial charge on any atom is -0.391 e. The molecule has 0 aliphatic carbocycles. The van der Waals surface area contributed by atoms with Crippen molar-refractivity contribution in [2.45, 2.75) is 18.6 Å². The quantitative estimate of drug-likeness (QED) is 0.911. The first-order chi connectivity index (χ1) is 9.08. The SMILES string of the molecule is Cl.N[C@@H](c1ccc(F)c(F)c1)[C@H](O)Cc1ccccc1. The third kappa shape index (κ3) is 4.00. The monoisotopic (exact) mass is 299 g/mol. The number of rotatable bonds is 4. The van der Waals surface area contributed by atoms with Gasteiger partial charge in [0.25, 0.3) is 0 Å². The van der Waals surface area contributed by atoms with Crippen LogP contribution in [0.3, 0.4) is 0 Å². The molecular weight excluding hydrogens is 284 g/mol. The van der Waals surface area contributed by atoms with Crippen LogP contribution in [-0.2, 0) is 6.42 Å². The molecular formula is C15H16ClF2NO. The zero-order valence-electron chi connectivity index (χ0n) is 10.7. The molecule has 0 aliphatic heterocycles. The van der Waals surface area contributed by atoms with Gasteiger partial charge in [0.05, 0.1) is 12.1 Å². The number of halogens is 3. The molecule has 2 nitrogen and oxygen atoms in total. The molecule has 0 unspecified atom stereocenters. The number of aliphatic hydroxyl groups is 1. The highest BCUT2D eigenvalue weighted by Crippen LogP contribution is 2.19. The number of aliphatic hydroxyl groups excluding tert-OH is 1. The highest BCUT2D eigenvalue weighted by Gasteiger charge is 2.18. The summed E-state index contributed by atoms with van der Waals surface area (Å²) in [5.74, 6) is -1.88. The molecule has 2 rings (SSSR count). The first-order valence-corrected chi connectivity index (χ1v) is 6.00. The smallest absolute Gasteiger partial charge is 0.159 e. The average Bonchev–Trinajstić information content (AvgIpc) is 2.42. The molecule has 20 heavy (non-hydrogen) atoms. The summed E-state index contributed by atoms with van der Waals surface area (Å²) in [5, 5.41) is 10.0. The summed E-state index contributed by atoms with van der Waals surface area (Å²) in [4.78, 5) is 0. The van der Waals surface area contributed by atoms with E-state index in [9.17, 15) is 13.9 Å². The Morgan fingerprint density at radius 2 is 1.65 bits per heavy atom. The minimum absolute atomic E-state index is 0. The van der Waals surface area contributed by atoms with E-state index < -0.39 is 23.8 Å². The van der Waals surface area contributed by atoms with Crippen molar-refractivity contribution in [3.8, 4) is 0 Å². The average molecular weight is 300 g/mol. The fourth-order valence-electron chi connectivity index (χ4n) is 1.92. The predicted molar refractivity (Wildman–Crippen MR) is 76.7 cm³/mol. The maximum absolute atomic E-state index is 13.1. The Balaban J connectivity index is 0.00000200. The van der Waals surface area contributed by atoms with Gasteiger partial charge in [0.15, 0.2) is 11.6 Å². The molecule has 2 aromatic carbocycles. The Hall–Kier alpha value is -1.49. The minimum atomic E-state index is -0.958. The van der Waals surface area contributed by atoms with Crippen LogP contribution in [0.25, 0.3) is 0 Å². The summed E-state index contributed by atoms with van der Waals surface area (Å²) in [6.07, 6.45) is -0.492. The van der Waals surface area contributed by atoms with Crippen molar-refractivity contribution in [3.63, 3.8) is 0 Å². The van der Waals surface area contributed by atoms with Crippen molar-refractivity contribution in [2.75, 3.05) is 0 Å². The summed E-state index contributed by atoms with van der Waals surface area (Å²) < 4.78 is 25.9. The van der Waals surface area contributed by atoms with E-state index in [0.29, 0.717) is 12.0 Å². The lowest BCUT2D eigenvalue weighted by Gasteiger charge is -2.19. The van der Waals surface area contributed by atoms with E-state index in [-0.39, 0.29) is 12.4 Å². The molecule has 2 aromatic rings. The summed E-state index contributed by atoms with van der Waals surface area (Å²) in [6.45, 7) is 0. The van der Waals surface area contributed by atoms with Gasteiger partial charge in [-0.05, 0) is 23.3 Å². The molecule has 0 spiro atoms. The van der Waals surface area contributed by atoms with Crippen molar-refractivity contribution in [1.29, 1.82) is 0 Å². The van der Waals surface area contributed by atoms with Crippen molar-refractivity contribution in [2.24, 2.45) is 5.73 Å². The molecule has 108 valence electrons. The number of benzene rings is 2. The van der Waals surface area contributed by atoms with Gasteiger partial charge in [-0.15, -0.1) is 12.4 Å². The van der Waals surface area contributed by atoms with Crippen LogP contribution in [-0.4, -0.2) is 11.2 Å². The third-order valence-corrected chi connectivity index (χ3v) is 3.03. The van der Waals surface area contributed by atoms with Crippen LogP contribution in [0.1, 0.15) is 17.2 Å². The van der Waals surface area contributed by atoms with E-state index in [1.807, 2.05) is 30.3 Å². The van der Waals surface area contributed by atoms with Crippen molar-refractivity contribution in [1.82, 2.24) is 0 Å². The standard InChI is InChI=1S/C15H15F2NO.ClH/c16-12-7-6-11(9-13(12)17)15(18)14(19)8-10-4-2-1-3-5-10;/h1-7,9,14-15,19H,8,18H2;1H/t14-,15+;/m1./s1. The van der Waals surface area contributed by atoms with Crippen molar-refractivity contribution >= 4 is 12.4 Å². The van der Waals surface area contributed by atoms with Crippen LogP contribution in [0, 0.1) is 11.6 Å². The summed E-state index contributed by atoms with van der Waals surface area (Å²) in [5.41, 5.74) is 7.18. The van der Waals surface area contributed by atoms with Gasteiger partial charge in [-0.1, -0.05) is 36.4 Å². The van der Waals surface area contributed by atoms with Gasteiger partial charge in [0.1, 0.15) is 0 Å². The molecule has 0 aliphatic rings. The molecule has 5 heteroatoms. The number of hydrogen-bond donors (Lipinski definition) is 2. The topological polar surface area (TPSA) is 46.2 Å². The van der Waals surface area contributed by atoms with Gasteiger partial charge >= 0.3 is 0 Å². The maximum Gasteiger partial charge on any atom is 0.159 e. The molecule has 3 N–H and O–H groups in total. The second-order valence-electron chi connectivity index (χ2n) is 4.46. The van der Waals surface area contributed by atoms with Gasteiger partial charge in [-0.3, -0.25) is 0 Å². The van der Waals surface area contributed by atoms with E-state index >= 15 is 0 Å². The molecule has 0 bridgehead atoms. The van der Waals surface area contributed by atoms with Gasteiger partial charge in [-0.2, -0.15) is 0 Å². The molecule has 0 heterocycles.